The molecular weight excluding hydrogens is 230 g/mol. The van der Waals surface area contributed by atoms with Crippen LogP contribution in [0.2, 0.25) is 0 Å². The lowest BCUT2D eigenvalue weighted by molar-refractivity contribution is 0.936. The largest absolute Gasteiger partial charge is 0.223 e. The number of rotatable bonds is 0. The molecule has 0 aliphatic rings. The molecule has 3 heterocycles. The van der Waals surface area contributed by atoms with Crippen LogP contribution in [0.15, 0.2) is 36.0 Å². The Bertz CT molecular complexity index is 728. The Balaban J connectivity index is 2.00. The first-order chi connectivity index (χ1) is 8.33. The van der Waals surface area contributed by atoms with E-state index < -0.39 is 0 Å². The fourth-order valence-corrected chi connectivity index (χ4v) is 2.28. The van der Waals surface area contributed by atoms with Crippen molar-refractivity contribution in [3.8, 4) is 11.8 Å². The number of hydrogen-bond donors (Lipinski definition) is 0. The van der Waals surface area contributed by atoms with Gasteiger partial charge in [0.25, 0.3) is 0 Å². The molecule has 3 aromatic heterocycles. The minimum atomic E-state index is 0.769. The maximum absolute atomic E-state index is 4.40. The summed E-state index contributed by atoms with van der Waals surface area (Å²) in [6.45, 7) is 2.06. The van der Waals surface area contributed by atoms with E-state index in [9.17, 15) is 0 Å². The number of hydrogen-bond acceptors (Lipinski definition) is 3. The Kier molecular flexibility index (Phi) is 2.39. The second-order valence-corrected chi connectivity index (χ2v) is 4.55. The first-order valence-electron chi connectivity index (χ1n) is 5.19. The van der Waals surface area contributed by atoms with Crippen LogP contribution in [0.5, 0.6) is 0 Å². The van der Waals surface area contributed by atoms with Gasteiger partial charge in [-0.1, -0.05) is 0 Å². The van der Waals surface area contributed by atoms with Gasteiger partial charge in [-0.2, -0.15) is 5.10 Å². The van der Waals surface area contributed by atoms with E-state index in [2.05, 4.69) is 34.9 Å². The monoisotopic (exact) mass is 239 g/mol. The summed E-state index contributed by atoms with van der Waals surface area (Å²) in [7, 11) is 0. The van der Waals surface area contributed by atoms with Gasteiger partial charge in [0.2, 0.25) is 0 Å². The molecule has 0 N–H and O–H groups in total. The van der Waals surface area contributed by atoms with Crippen molar-refractivity contribution in [3.05, 3.63) is 52.1 Å². The Hall–Kier alpha value is -2.12. The summed E-state index contributed by atoms with van der Waals surface area (Å²) in [4.78, 5) is 5.49. The molecule has 0 aliphatic carbocycles. The number of thiophene rings is 1. The molecular formula is C13H9N3S. The SMILES string of the molecule is Cc1ccsc1C#Cc1ccn2nccc2n1. The molecule has 0 spiro atoms. The molecule has 0 amide bonds. The first-order valence-corrected chi connectivity index (χ1v) is 6.07. The molecule has 0 aliphatic heterocycles. The summed E-state index contributed by atoms with van der Waals surface area (Å²) < 4.78 is 1.72. The summed E-state index contributed by atoms with van der Waals surface area (Å²) in [5.41, 5.74) is 2.80. The molecule has 0 atom stereocenters. The van der Waals surface area contributed by atoms with Crippen LogP contribution in [0.3, 0.4) is 0 Å². The number of nitrogens with zero attached hydrogens (tertiary/aromatic N) is 3. The summed E-state index contributed by atoms with van der Waals surface area (Å²) in [5.74, 6) is 6.22. The zero-order valence-corrected chi connectivity index (χ0v) is 10.0. The maximum atomic E-state index is 4.40. The minimum Gasteiger partial charge on any atom is -0.223 e. The molecule has 3 aromatic rings. The normalized spacial score (nSPS) is 10.2. The smallest absolute Gasteiger partial charge is 0.156 e. The second kappa shape index (κ2) is 4.04. The van der Waals surface area contributed by atoms with Crippen molar-refractivity contribution in [2.45, 2.75) is 6.92 Å². The summed E-state index contributed by atoms with van der Waals surface area (Å²) in [5, 5.41) is 6.14. The number of fused-ring (bicyclic) bond motifs is 1. The Morgan fingerprint density at radius 2 is 2.18 bits per heavy atom. The van der Waals surface area contributed by atoms with Gasteiger partial charge in [-0.05, 0) is 41.8 Å². The van der Waals surface area contributed by atoms with Crippen molar-refractivity contribution in [2.75, 3.05) is 0 Å². The summed E-state index contributed by atoms with van der Waals surface area (Å²) >= 11 is 1.66. The fraction of sp³-hybridized carbons (Fsp3) is 0.0769. The van der Waals surface area contributed by atoms with E-state index in [1.165, 1.54) is 5.56 Å². The van der Waals surface area contributed by atoms with Crippen molar-refractivity contribution in [1.82, 2.24) is 14.6 Å². The number of aromatic nitrogens is 3. The van der Waals surface area contributed by atoms with Gasteiger partial charge in [-0.25, -0.2) is 9.50 Å². The Morgan fingerprint density at radius 1 is 1.24 bits per heavy atom. The van der Waals surface area contributed by atoms with Crippen LogP contribution in [-0.2, 0) is 0 Å². The van der Waals surface area contributed by atoms with E-state index in [1.807, 2.05) is 23.7 Å². The van der Waals surface area contributed by atoms with Gasteiger partial charge in [-0.15, -0.1) is 11.3 Å². The van der Waals surface area contributed by atoms with Gasteiger partial charge < -0.3 is 0 Å². The number of aryl methyl sites for hydroxylation is 1. The average molecular weight is 239 g/mol. The van der Waals surface area contributed by atoms with Crippen LogP contribution in [0.4, 0.5) is 0 Å². The van der Waals surface area contributed by atoms with Crippen LogP contribution < -0.4 is 0 Å². The van der Waals surface area contributed by atoms with E-state index in [-0.39, 0.29) is 0 Å². The van der Waals surface area contributed by atoms with Crippen LogP contribution in [-0.4, -0.2) is 14.6 Å². The summed E-state index contributed by atoms with van der Waals surface area (Å²) in [6.07, 6.45) is 3.59. The van der Waals surface area contributed by atoms with Crippen molar-refractivity contribution >= 4 is 17.0 Å². The predicted molar refractivity (Wildman–Crippen MR) is 68.0 cm³/mol. The molecule has 3 nitrogen and oxygen atoms in total. The molecule has 0 fully saturated rings. The highest BCUT2D eigenvalue weighted by Gasteiger charge is 1.96. The zero-order valence-electron chi connectivity index (χ0n) is 9.21. The standard InChI is InChI=1S/C13H9N3S/c1-10-6-9-17-12(10)3-2-11-5-8-16-13(15-11)4-7-14-16/h4-9H,1H3. The molecule has 82 valence electrons. The molecule has 0 aromatic carbocycles. The lowest BCUT2D eigenvalue weighted by Gasteiger charge is -1.92. The molecule has 17 heavy (non-hydrogen) atoms. The zero-order chi connectivity index (χ0) is 11.7. The van der Waals surface area contributed by atoms with Gasteiger partial charge in [-0.3, -0.25) is 0 Å². The predicted octanol–water partition coefficient (Wildman–Crippen LogP) is 2.50. The van der Waals surface area contributed by atoms with E-state index in [0.717, 1.165) is 16.2 Å². The lowest BCUT2D eigenvalue weighted by Crippen LogP contribution is -1.91. The van der Waals surface area contributed by atoms with E-state index >= 15 is 0 Å². The third-order valence-corrected chi connectivity index (χ3v) is 3.36. The van der Waals surface area contributed by atoms with Gasteiger partial charge in [0.15, 0.2) is 5.65 Å². The third kappa shape index (κ3) is 1.93. The minimum absolute atomic E-state index is 0.769. The second-order valence-electron chi connectivity index (χ2n) is 3.63. The third-order valence-electron chi connectivity index (χ3n) is 2.42. The topological polar surface area (TPSA) is 30.2 Å². The molecule has 0 saturated heterocycles. The van der Waals surface area contributed by atoms with Crippen molar-refractivity contribution < 1.29 is 0 Å². The highest BCUT2D eigenvalue weighted by Crippen LogP contribution is 2.13. The molecule has 0 unspecified atom stereocenters. The van der Waals surface area contributed by atoms with Crippen LogP contribution in [0.25, 0.3) is 5.65 Å². The van der Waals surface area contributed by atoms with Crippen molar-refractivity contribution in [2.24, 2.45) is 0 Å². The highest BCUT2D eigenvalue weighted by atomic mass is 32.1. The average Bonchev–Trinajstić information content (AvgIpc) is 2.94. The molecule has 3 rings (SSSR count). The van der Waals surface area contributed by atoms with Gasteiger partial charge in [0, 0.05) is 12.3 Å². The van der Waals surface area contributed by atoms with Gasteiger partial charge >= 0.3 is 0 Å². The molecule has 4 heteroatoms. The quantitative estimate of drug-likeness (QED) is 0.564. The maximum Gasteiger partial charge on any atom is 0.156 e. The Morgan fingerprint density at radius 3 is 3.00 bits per heavy atom. The molecule has 0 bridgehead atoms. The van der Waals surface area contributed by atoms with Crippen LogP contribution in [0.1, 0.15) is 16.1 Å². The fourth-order valence-electron chi connectivity index (χ4n) is 1.50. The van der Waals surface area contributed by atoms with Gasteiger partial charge in [0.1, 0.15) is 5.69 Å². The van der Waals surface area contributed by atoms with E-state index in [4.69, 9.17) is 0 Å². The lowest BCUT2D eigenvalue weighted by atomic mass is 10.3. The van der Waals surface area contributed by atoms with Crippen molar-refractivity contribution in [1.29, 1.82) is 0 Å². The van der Waals surface area contributed by atoms with Crippen molar-refractivity contribution in [3.63, 3.8) is 0 Å². The van der Waals surface area contributed by atoms with Crippen LogP contribution >= 0.6 is 11.3 Å². The van der Waals surface area contributed by atoms with E-state index in [1.54, 1.807) is 22.0 Å². The summed E-state index contributed by atoms with van der Waals surface area (Å²) in [6, 6.07) is 5.81. The first kappa shape index (κ1) is 10.1. The Labute approximate surface area is 103 Å². The highest BCUT2D eigenvalue weighted by molar-refractivity contribution is 7.10. The molecule has 0 radical (unpaired) electrons. The van der Waals surface area contributed by atoms with Crippen LogP contribution in [0, 0.1) is 18.8 Å². The van der Waals surface area contributed by atoms with E-state index in [0.29, 0.717) is 0 Å². The molecule has 0 saturated carbocycles. The van der Waals surface area contributed by atoms with Gasteiger partial charge in [0.05, 0.1) is 11.1 Å².